The average Bonchev–Trinajstić information content (AvgIpc) is 3.17. The molecule has 1 N–H and O–H groups in total. The molecule has 0 aliphatic rings. The van der Waals surface area contributed by atoms with Crippen LogP contribution in [0.15, 0.2) is 53.7 Å². The summed E-state index contributed by atoms with van der Waals surface area (Å²) >= 11 is 1.22. The molecular weight excluding hydrogens is 366 g/mol. The minimum Gasteiger partial charge on any atom is -0.465 e. The van der Waals surface area contributed by atoms with E-state index < -0.39 is 5.97 Å². The third-order valence-electron chi connectivity index (χ3n) is 3.71. The van der Waals surface area contributed by atoms with Gasteiger partial charge in [-0.3, -0.25) is 4.79 Å². The highest BCUT2D eigenvalue weighted by atomic mass is 32.2. The van der Waals surface area contributed by atoms with Gasteiger partial charge in [-0.05, 0) is 47.2 Å². The molecule has 1 aromatic heterocycles. The Balaban J connectivity index is 1.66. The number of para-hydroxylation sites is 1. The Morgan fingerprint density at radius 3 is 2.70 bits per heavy atom. The molecule has 0 aliphatic carbocycles. The maximum atomic E-state index is 12.3. The first-order valence-electron chi connectivity index (χ1n) is 8.04. The van der Waals surface area contributed by atoms with Gasteiger partial charge < -0.3 is 10.1 Å². The predicted molar refractivity (Wildman–Crippen MR) is 101 cm³/mol. The highest BCUT2D eigenvalue weighted by Gasteiger charge is 2.13. The number of nitrogens with zero attached hydrogens (tertiary/aromatic N) is 4. The van der Waals surface area contributed by atoms with Gasteiger partial charge in [0.1, 0.15) is 0 Å². The smallest absolute Gasteiger partial charge is 0.337 e. The SMILES string of the molecule is COC(=O)c1ccc(C)c(NC(=O)CSc2nnnn2-c2ccccc2)c1. The number of aryl methyl sites for hydroxylation is 1. The minimum absolute atomic E-state index is 0.120. The summed E-state index contributed by atoms with van der Waals surface area (Å²) < 4.78 is 6.28. The van der Waals surface area contributed by atoms with Crippen LogP contribution in [0, 0.1) is 6.92 Å². The molecule has 0 atom stereocenters. The molecule has 3 aromatic rings. The number of benzene rings is 2. The standard InChI is InChI=1S/C18H17N5O3S/c1-12-8-9-13(17(25)26-2)10-15(12)19-16(24)11-27-18-20-21-22-23(18)14-6-4-3-5-7-14/h3-10H,11H2,1-2H3,(H,19,24). The van der Waals surface area contributed by atoms with Crippen molar-refractivity contribution >= 4 is 29.3 Å². The van der Waals surface area contributed by atoms with E-state index in [2.05, 4.69) is 20.8 Å². The highest BCUT2D eigenvalue weighted by molar-refractivity contribution is 7.99. The number of amides is 1. The number of esters is 1. The number of aromatic nitrogens is 4. The van der Waals surface area contributed by atoms with Crippen LogP contribution >= 0.6 is 11.8 Å². The number of nitrogens with one attached hydrogen (secondary N) is 1. The first-order chi connectivity index (χ1) is 13.1. The monoisotopic (exact) mass is 383 g/mol. The van der Waals surface area contributed by atoms with Crippen LogP contribution in [0.1, 0.15) is 15.9 Å². The fraction of sp³-hybridized carbons (Fsp3) is 0.167. The van der Waals surface area contributed by atoms with Gasteiger partial charge in [0.25, 0.3) is 0 Å². The van der Waals surface area contributed by atoms with Crippen LogP contribution in [0.2, 0.25) is 0 Å². The fourth-order valence-corrected chi connectivity index (χ4v) is 3.01. The van der Waals surface area contributed by atoms with E-state index in [1.54, 1.807) is 22.9 Å². The second-order valence-corrected chi connectivity index (χ2v) is 6.51. The molecule has 138 valence electrons. The molecule has 27 heavy (non-hydrogen) atoms. The Morgan fingerprint density at radius 2 is 1.96 bits per heavy atom. The molecule has 2 aromatic carbocycles. The summed E-state index contributed by atoms with van der Waals surface area (Å²) in [6.45, 7) is 1.85. The van der Waals surface area contributed by atoms with Gasteiger partial charge in [-0.25, -0.2) is 4.79 Å². The van der Waals surface area contributed by atoms with Crippen LogP contribution in [-0.4, -0.2) is 44.9 Å². The Labute approximate surface area is 159 Å². The molecule has 0 radical (unpaired) electrons. The molecule has 0 bridgehead atoms. The van der Waals surface area contributed by atoms with E-state index in [-0.39, 0.29) is 11.7 Å². The summed E-state index contributed by atoms with van der Waals surface area (Å²) in [7, 11) is 1.31. The van der Waals surface area contributed by atoms with Gasteiger partial charge in [0, 0.05) is 5.69 Å². The summed E-state index contributed by atoms with van der Waals surface area (Å²) in [6, 6.07) is 14.4. The molecule has 3 rings (SSSR count). The van der Waals surface area contributed by atoms with Crippen LogP contribution in [0.25, 0.3) is 5.69 Å². The van der Waals surface area contributed by atoms with E-state index in [4.69, 9.17) is 4.74 Å². The molecular formula is C18H17N5O3S. The van der Waals surface area contributed by atoms with E-state index in [0.29, 0.717) is 16.4 Å². The van der Waals surface area contributed by atoms with Gasteiger partial charge in [0.15, 0.2) is 0 Å². The van der Waals surface area contributed by atoms with Gasteiger partial charge >= 0.3 is 5.97 Å². The maximum Gasteiger partial charge on any atom is 0.337 e. The number of rotatable bonds is 6. The average molecular weight is 383 g/mol. The van der Waals surface area contributed by atoms with Gasteiger partial charge in [0.05, 0.1) is 24.1 Å². The first kappa shape index (κ1) is 18.6. The topological polar surface area (TPSA) is 99.0 Å². The third-order valence-corrected chi connectivity index (χ3v) is 4.63. The van der Waals surface area contributed by atoms with Crippen molar-refractivity contribution in [3.63, 3.8) is 0 Å². The van der Waals surface area contributed by atoms with Gasteiger partial charge in [-0.2, -0.15) is 4.68 Å². The lowest BCUT2D eigenvalue weighted by Crippen LogP contribution is -2.16. The number of carbonyl (C=O) groups excluding carboxylic acids is 2. The number of tetrazole rings is 1. The number of hydrogen-bond acceptors (Lipinski definition) is 7. The Kier molecular flexibility index (Phi) is 5.82. The number of carbonyl (C=O) groups is 2. The summed E-state index contributed by atoms with van der Waals surface area (Å²) in [4.78, 5) is 24.0. The second kappa shape index (κ2) is 8.45. The van der Waals surface area contributed by atoms with Crippen molar-refractivity contribution in [3.8, 4) is 5.69 Å². The number of thioether (sulfide) groups is 1. The molecule has 0 fully saturated rings. The van der Waals surface area contributed by atoms with E-state index >= 15 is 0 Å². The molecule has 8 nitrogen and oxygen atoms in total. The zero-order valence-corrected chi connectivity index (χ0v) is 15.6. The zero-order valence-electron chi connectivity index (χ0n) is 14.7. The van der Waals surface area contributed by atoms with Crippen molar-refractivity contribution in [1.29, 1.82) is 0 Å². The number of hydrogen-bond donors (Lipinski definition) is 1. The quantitative estimate of drug-likeness (QED) is 0.516. The predicted octanol–water partition coefficient (Wildman–Crippen LogP) is 2.49. The second-order valence-electron chi connectivity index (χ2n) is 5.57. The molecule has 0 unspecified atom stereocenters. The highest BCUT2D eigenvalue weighted by Crippen LogP contribution is 2.20. The van der Waals surface area contributed by atoms with Crippen molar-refractivity contribution in [3.05, 3.63) is 59.7 Å². The number of ether oxygens (including phenoxy) is 1. The Morgan fingerprint density at radius 1 is 1.19 bits per heavy atom. The van der Waals surface area contributed by atoms with Crippen molar-refractivity contribution in [1.82, 2.24) is 20.2 Å². The van der Waals surface area contributed by atoms with Gasteiger partial charge in [0.2, 0.25) is 11.1 Å². The van der Waals surface area contributed by atoms with Crippen LogP contribution in [0.4, 0.5) is 5.69 Å². The summed E-state index contributed by atoms with van der Waals surface area (Å²) in [6.07, 6.45) is 0. The summed E-state index contributed by atoms with van der Waals surface area (Å²) in [5.74, 6) is -0.565. The van der Waals surface area contributed by atoms with Crippen molar-refractivity contribution in [2.24, 2.45) is 0 Å². The number of anilines is 1. The van der Waals surface area contributed by atoms with Gasteiger partial charge in [-0.1, -0.05) is 36.0 Å². The first-order valence-corrected chi connectivity index (χ1v) is 9.02. The lowest BCUT2D eigenvalue weighted by atomic mass is 10.1. The van der Waals surface area contributed by atoms with Crippen LogP contribution < -0.4 is 5.32 Å². The lowest BCUT2D eigenvalue weighted by molar-refractivity contribution is -0.113. The molecule has 9 heteroatoms. The third kappa shape index (κ3) is 4.50. The van der Waals surface area contributed by atoms with E-state index in [1.807, 2.05) is 37.3 Å². The lowest BCUT2D eigenvalue weighted by Gasteiger charge is -2.10. The minimum atomic E-state index is -0.457. The summed E-state index contributed by atoms with van der Waals surface area (Å²) in [5.41, 5.74) is 2.59. The normalized spacial score (nSPS) is 10.4. The van der Waals surface area contributed by atoms with E-state index in [9.17, 15) is 9.59 Å². The van der Waals surface area contributed by atoms with Crippen molar-refractivity contribution < 1.29 is 14.3 Å². The zero-order chi connectivity index (χ0) is 19.2. The molecule has 1 heterocycles. The summed E-state index contributed by atoms with van der Waals surface area (Å²) in [5, 5.41) is 14.9. The van der Waals surface area contributed by atoms with Crippen LogP contribution in [0.5, 0.6) is 0 Å². The molecule has 0 spiro atoms. The Hall–Kier alpha value is -3.20. The molecule has 0 saturated carbocycles. The maximum absolute atomic E-state index is 12.3. The van der Waals surface area contributed by atoms with Gasteiger partial charge in [-0.15, -0.1) is 5.10 Å². The largest absolute Gasteiger partial charge is 0.465 e. The molecule has 1 amide bonds. The molecule has 0 aliphatic heterocycles. The van der Waals surface area contributed by atoms with Crippen molar-refractivity contribution in [2.75, 3.05) is 18.2 Å². The van der Waals surface area contributed by atoms with E-state index in [1.165, 1.54) is 18.9 Å². The van der Waals surface area contributed by atoms with Crippen molar-refractivity contribution in [2.45, 2.75) is 12.1 Å². The van der Waals surface area contributed by atoms with Crippen LogP contribution in [-0.2, 0) is 9.53 Å². The van der Waals surface area contributed by atoms with Crippen LogP contribution in [0.3, 0.4) is 0 Å². The number of methoxy groups -OCH3 is 1. The molecule has 0 saturated heterocycles. The Bertz CT molecular complexity index is 959. The van der Waals surface area contributed by atoms with E-state index in [0.717, 1.165) is 11.3 Å². The fourth-order valence-electron chi connectivity index (χ4n) is 2.32.